The molecule has 0 aliphatic carbocycles. The van der Waals surface area contributed by atoms with Gasteiger partial charge in [0.05, 0.1) is 5.41 Å². The summed E-state index contributed by atoms with van der Waals surface area (Å²) >= 11 is 0. The van der Waals surface area contributed by atoms with Crippen LogP contribution >= 0.6 is 0 Å². The average Bonchev–Trinajstić information content (AvgIpc) is 2.26. The van der Waals surface area contributed by atoms with Crippen LogP contribution in [0.1, 0.15) is 39.5 Å². The molecule has 3 N–H and O–H groups in total. The predicted octanol–water partition coefficient (Wildman–Crippen LogP) is 0.827. The third kappa shape index (κ3) is 3.70. The standard InChI is InChI=1S/C12H22N2O3/c1-9(13)3-4-10(15)14-7-5-12(2,6-8-14)11(16)17/h9H,3-8,13H2,1-2H3,(H,16,17). The number of aliphatic carboxylic acids is 1. The molecule has 0 spiro atoms. The summed E-state index contributed by atoms with van der Waals surface area (Å²) in [6.07, 6.45) is 2.21. The Hall–Kier alpha value is -1.10. The summed E-state index contributed by atoms with van der Waals surface area (Å²) in [7, 11) is 0. The minimum Gasteiger partial charge on any atom is -0.481 e. The van der Waals surface area contributed by atoms with Crippen molar-refractivity contribution in [2.24, 2.45) is 11.1 Å². The number of nitrogens with zero attached hydrogens (tertiary/aromatic N) is 1. The van der Waals surface area contributed by atoms with Crippen molar-refractivity contribution in [3.8, 4) is 0 Å². The van der Waals surface area contributed by atoms with Crippen LogP contribution in [0.3, 0.4) is 0 Å². The Kier molecular flexibility index (Phi) is 4.51. The predicted molar refractivity (Wildman–Crippen MR) is 64.4 cm³/mol. The van der Waals surface area contributed by atoms with E-state index in [4.69, 9.17) is 10.8 Å². The van der Waals surface area contributed by atoms with Crippen LogP contribution in [0.25, 0.3) is 0 Å². The maximum absolute atomic E-state index is 11.8. The van der Waals surface area contributed by atoms with Crippen molar-refractivity contribution in [3.05, 3.63) is 0 Å². The third-order valence-corrected chi connectivity index (χ3v) is 3.55. The topological polar surface area (TPSA) is 83.6 Å². The van der Waals surface area contributed by atoms with E-state index >= 15 is 0 Å². The lowest BCUT2D eigenvalue weighted by Crippen LogP contribution is -2.45. The molecule has 0 radical (unpaired) electrons. The van der Waals surface area contributed by atoms with E-state index in [-0.39, 0.29) is 11.9 Å². The molecule has 1 saturated heterocycles. The molecule has 0 bridgehead atoms. The second-order valence-electron chi connectivity index (χ2n) is 5.26. The molecule has 0 aromatic rings. The van der Waals surface area contributed by atoms with E-state index in [1.807, 2.05) is 6.92 Å². The molecule has 1 aliphatic rings. The first-order valence-electron chi connectivity index (χ1n) is 6.12. The normalized spacial score (nSPS) is 21.0. The van der Waals surface area contributed by atoms with Crippen molar-refractivity contribution in [1.82, 2.24) is 4.90 Å². The van der Waals surface area contributed by atoms with Gasteiger partial charge >= 0.3 is 5.97 Å². The zero-order chi connectivity index (χ0) is 13.1. The van der Waals surface area contributed by atoms with Crippen LogP contribution < -0.4 is 5.73 Å². The van der Waals surface area contributed by atoms with E-state index in [1.165, 1.54) is 0 Å². The molecule has 0 aromatic carbocycles. The smallest absolute Gasteiger partial charge is 0.309 e. The number of carboxylic acid groups (broad SMARTS) is 1. The number of carbonyl (C=O) groups excluding carboxylic acids is 1. The second kappa shape index (κ2) is 5.49. The van der Waals surface area contributed by atoms with Crippen LogP contribution in [0.15, 0.2) is 0 Å². The number of nitrogens with two attached hydrogens (primary N) is 1. The van der Waals surface area contributed by atoms with Gasteiger partial charge in [0.25, 0.3) is 0 Å². The molecule has 0 aromatic heterocycles. The lowest BCUT2D eigenvalue weighted by molar-refractivity contribution is -0.153. The summed E-state index contributed by atoms with van der Waals surface area (Å²) in [6, 6.07) is 0.0352. The maximum atomic E-state index is 11.8. The molecule has 1 fully saturated rings. The first-order valence-corrected chi connectivity index (χ1v) is 6.12. The molecule has 5 heteroatoms. The summed E-state index contributed by atoms with van der Waals surface area (Å²) in [4.78, 5) is 24.6. The Labute approximate surface area is 102 Å². The third-order valence-electron chi connectivity index (χ3n) is 3.55. The highest BCUT2D eigenvalue weighted by Crippen LogP contribution is 2.31. The summed E-state index contributed by atoms with van der Waals surface area (Å²) in [5.41, 5.74) is 4.94. The van der Waals surface area contributed by atoms with Crippen LogP contribution in [0, 0.1) is 5.41 Å². The van der Waals surface area contributed by atoms with E-state index in [9.17, 15) is 9.59 Å². The number of hydrogen-bond acceptors (Lipinski definition) is 3. The first kappa shape index (κ1) is 14.0. The molecule has 1 atom stereocenters. The number of hydrogen-bond donors (Lipinski definition) is 2. The van der Waals surface area contributed by atoms with Crippen LogP contribution in [0.4, 0.5) is 0 Å². The number of piperidine rings is 1. The van der Waals surface area contributed by atoms with Crippen molar-refractivity contribution in [2.45, 2.75) is 45.6 Å². The van der Waals surface area contributed by atoms with Gasteiger partial charge < -0.3 is 15.7 Å². The molecule has 1 aliphatic heterocycles. The Morgan fingerprint density at radius 1 is 1.41 bits per heavy atom. The van der Waals surface area contributed by atoms with Gasteiger partial charge in [-0.3, -0.25) is 9.59 Å². The number of rotatable bonds is 4. The Balaban J connectivity index is 2.41. The van der Waals surface area contributed by atoms with E-state index in [0.717, 1.165) is 0 Å². The van der Waals surface area contributed by atoms with Gasteiger partial charge in [0.2, 0.25) is 5.91 Å². The Bertz CT molecular complexity index is 294. The molecular formula is C12H22N2O3. The molecule has 0 saturated carbocycles. The van der Waals surface area contributed by atoms with Gasteiger partial charge in [-0.25, -0.2) is 0 Å². The fourth-order valence-corrected chi connectivity index (χ4v) is 1.97. The molecular weight excluding hydrogens is 220 g/mol. The summed E-state index contributed by atoms with van der Waals surface area (Å²) in [6.45, 7) is 4.71. The maximum Gasteiger partial charge on any atom is 0.309 e. The SMILES string of the molecule is CC(N)CCC(=O)N1CCC(C)(C(=O)O)CC1. The number of carboxylic acids is 1. The van der Waals surface area contributed by atoms with Crippen LogP contribution in [0.2, 0.25) is 0 Å². The molecule has 1 amide bonds. The second-order valence-corrected chi connectivity index (χ2v) is 5.26. The van der Waals surface area contributed by atoms with E-state index in [0.29, 0.717) is 38.8 Å². The van der Waals surface area contributed by atoms with Gasteiger partial charge in [-0.2, -0.15) is 0 Å². The Morgan fingerprint density at radius 2 is 1.94 bits per heavy atom. The minimum absolute atomic E-state index is 0.0352. The molecule has 5 nitrogen and oxygen atoms in total. The van der Waals surface area contributed by atoms with Crippen LogP contribution in [-0.2, 0) is 9.59 Å². The largest absolute Gasteiger partial charge is 0.481 e. The van der Waals surface area contributed by atoms with Gasteiger partial charge in [-0.15, -0.1) is 0 Å². The number of carbonyl (C=O) groups is 2. The molecule has 1 unspecified atom stereocenters. The van der Waals surface area contributed by atoms with Gasteiger partial charge in [-0.1, -0.05) is 0 Å². The molecule has 98 valence electrons. The van der Waals surface area contributed by atoms with Crippen molar-refractivity contribution < 1.29 is 14.7 Å². The molecule has 1 heterocycles. The van der Waals surface area contributed by atoms with Gasteiger partial charge in [0.15, 0.2) is 0 Å². The minimum atomic E-state index is -0.764. The lowest BCUT2D eigenvalue weighted by atomic mass is 9.80. The highest BCUT2D eigenvalue weighted by atomic mass is 16.4. The Morgan fingerprint density at radius 3 is 2.35 bits per heavy atom. The summed E-state index contributed by atoms with van der Waals surface area (Å²) in [5, 5.41) is 9.08. The van der Waals surface area contributed by atoms with Crippen LogP contribution in [-0.4, -0.2) is 41.0 Å². The zero-order valence-corrected chi connectivity index (χ0v) is 10.6. The van der Waals surface area contributed by atoms with E-state index in [2.05, 4.69) is 0 Å². The fourth-order valence-electron chi connectivity index (χ4n) is 1.97. The summed E-state index contributed by atoms with van der Waals surface area (Å²) < 4.78 is 0. The molecule has 1 rings (SSSR count). The monoisotopic (exact) mass is 242 g/mol. The van der Waals surface area contributed by atoms with Gasteiger partial charge in [-0.05, 0) is 33.1 Å². The average molecular weight is 242 g/mol. The van der Waals surface area contributed by atoms with Crippen LogP contribution in [0.5, 0.6) is 0 Å². The summed E-state index contributed by atoms with van der Waals surface area (Å²) in [5.74, 6) is -0.671. The highest BCUT2D eigenvalue weighted by molar-refractivity contribution is 5.78. The van der Waals surface area contributed by atoms with Crippen molar-refractivity contribution in [2.75, 3.05) is 13.1 Å². The first-order chi connectivity index (χ1) is 7.85. The zero-order valence-electron chi connectivity index (χ0n) is 10.6. The lowest BCUT2D eigenvalue weighted by Gasteiger charge is -2.36. The van der Waals surface area contributed by atoms with Gasteiger partial charge in [0.1, 0.15) is 0 Å². The van der Waals surface area contributed by atoms with Gasteiger partial charge in [0, 0.05) is 25.6 Å². The van der Waals surface area contributed by atoms with Crippen molar-refractivity contribution in [3.63, 3.8) is 0 Å². The van der Waals surface area contributed by atoms with Crippen molar-refractivity contribution >= 4 is 11.9 Å². The quantitative estimate of drug-likeness (QED) is 0.764. The highest BCUT2D eigenvalue weighted by Gasteiger charge is 2.37. The number of likely N-dealkylation sites (tertiary alicyclic amines) is 1. The number of amides is 1. The fraction of sp³-hybridized carbons (Fsp3) is 0.833. The van der Waals surface area contributed by atoms with Crippen molar-refractivity contribution in [1.29, 1.82) is 0 Å². The van der Waals surface area contributed by atoms with E-state index in [1.54, 1.807) is 11.8 Å². The molecule has 17 heavy (non-hydrogen) atoms. The van der Waals surface area contributed by atoms with E-state index < -0.39 is 11.4 Å².